The molecule has 1 aliphatic heterocycles. The molecule has 0 spiro atoms. The first kappa shape index (κ1) is 27.0. The van der Waals surface area contributed by atoms with Crippen molar-refractivity contribution in [1.29, 1.82) is 0 Å². The number of carbonyl (C=O) groups is 2. The van der Waals surface area contributed by atoms with Gasteiger partial charge in [-0.05, 0) is 54.1 Å². The maximum absolute atomic E-state index is 14.1. The van der Waals surface area contributed by atoms with E-state index in [9.17, 15) is 31.5 Å². The molecule has 1 unspecified atom stereocenters. The van der Waals surface area contributed by atoms with Crippen LogP contribution in [0.15, 0.2) is 60.9 Å². The second-order valence-electron chi connectivity index (χ2n) is 8.70. The lowest BCUT2D eigenvalue weighted by molar-refractivity contribution is -0.137. The van der Waals surface area contributed by atoms with E-state index in [0.29, 0.717) is 23.3 Å². The van der Waals surface area contributed by atoms with Crippen LogP contribution in [0.1, 0.15) is 43.4 Å². The summed E-state index contributed by atoms with van der Waals surface area (Å²) < 4.78 is 72.9. The normalized spacial score (nSPS) is 14.5. The third kappa shape index (κ3) is 5.17. The van der Waals surface area contributed by atoms with Gasteiger partial charge in [-0.15, -0.1) is 0 Å². The molecule has 0 saturated carbocycles. The average Bonchev–Trinajstić information content (AvgIpc) is 3.25. The van der Waals surface area contributed by atoms with Gasteiger partial charge in [0.25, 0.3) is 11.8 Å². The van der Waals surface area contributed by atoms with E-state index in [1.165, 1.54) is 37.7 Å². The highest BCUT2D eigenvalue weighted by atomic mass is 35.5. The molecule has 2 heterocycles. The molecule has 0 radical (unpaired) electrons. The number of anilines is 1. The average molecular weight is 575 g/mol. The lowest BCUT2D eigenvalue weighted by Crippen LogP contribution is -2.21. The van der Waals surface area contributed by atoms with Crippen LogP contribution in [0.4, 0.5) is 27.6 Å². The highest BCUT2D eigenvalue weighted by Gasteiger charge is 2.36. The predicted octanol–water partition coefficient (Wildman–Crippen LogP) is 6.19. The molecule has 7 nitrogen and oxygen atoms in total. The molecule has 5 rings (SSSR count). The van der Waals surface area contributed by atoms with Gasteiger partial charge in [-0.3, -0.25) is 9.59 Å². The van der Waals surface area contributed by atoms with Crippen molar-refractivity contribution in [3.05, 3.63) is 105 Å². The van der Waals surface area contributed by atoms with Crippen molar-refractivity contribution in [2.75, 3.05) is 12.4 Å². The van der Waals surface area contributed by atoms with Crippen LogP contribution >= 0.6 is 11.6 Å². The van der Waals surface area contributed by atoms with Crippen LogP contribution in [-0.4, -0.2) is 28.9 Å². The molecule has 2 N–H and O–H groups in total. The maximum atomic E-state index is 14.1. The van der Waals surface area contributed by atoms with Gasteiger partial charge in [-0.25, -0.2) is 18.7 Å². The topological polar surface area (TPSA) is 93.2 Å². The second-order valence-corrected chi connectivity index (χ2v) is 9.10. The van der Waals surface area contributed by atoms with Gasteiger partial charge in [-0.2, -0.15) is 13.2 Å². The smallest absolute Gasteiger partial charge is 0.416 e. The highest BCUT2D eigenvalue weighted by molar-refractivity contribution is 6.31. The van der Waals surface area contributed by atoms with Crippen LogP contribution in [0.2, 0.25) is 5.02 Å². The number of hydrogen-bond acceptors (Lipinski definition) is 5. The van der Waals surface area contributed by atoms with Gasteiger partial charge in [0.05, 0.1) is 18.7 Å². The number of carbonyl (C=O) groups excluding carboxylic acids is 2. The molecule has 1 atom stereocenters. The Labute approximate surface area is 228 Å². The Morgan fingerprint density at radius 1 is 1.00 bits per heavy atom. The lowest BCUT2D eigenvalue weighted by Gasteiger charge is -2.19. The third-order valence-corrected chi connectivity index (χ3v) is 6.48. The number of aromatic nitrogens is 2. The number of halogens is 6. The number of nitrogens with zero attached hydrogens (tertiary/aromatic N) is 2. The Kier molecular flexibility index (Phi) is 6.88. The summed E-state index contributed by atoms with van der Waals surface area (Å²) in [6, 6.07) is 6.92. The van der Waals surface area contributed by atoms with Gasteiger partial charge in [0.2, 0.25) is 0 Å². The number of benzene rings is 3. The van der Waals surface area contributed by atoms with Gasteiger partial charge in [0.15, 0.2) is 0 Å². The molecule has 0 saturated heterocycles. The molecule has 0 aliphatic carbocycles. The Morgan fingerprint density at radius 2 is 1.73 bits per heavy atom. The summed E-state index contributed by atoms with van der Waals surface area (Å²) in [5, 5.41) is 5.29. The first-order valence-electron chi connectivity index (χ1n) is 11.4. The minimum atomic E-state index is -4.90. The summed E-state index contributed by atoms with van der Waals surface area (Å²) in [5.74, 6) is -3.58. The monoisotopic (exact) mass is 574 g/mol. The first-order chi connectivity index (χ1) is 18.9. The van der Waals surface area contributed by atoms with Crippen molar-refractivity contribution in [2.24, 2.45) is 0 Å². The Hall–Kier alpha value is -4.58. The summed E-state index contributed by atoms with van der Waals surface area (Å²) in [5.41, 5.74) is -0.798. The van der Waals surface area contributed by atoms with Crippen molar-refractivity contribution >= 4 is 29.1 Å². The van der Waals surface area contributed by atoms with E-state index in [1.807, 2.05) is 0 Å². The number of nitrogens with one attached hydrogen (secondary N) is 2. The molecule has 1 aliphatic rings. The molecule has 204 valence electrons. The van der Waals surface area contributed by atoms with E-state index in [0.717, 1.165) is 12.1 Å². The van der Waals surface area contributed by atoms with Gasteiger partial charge in [0, 0.05) is 50.9 Å². The minimum Gasteiger partial charge on any atom is -0.467 e. The fourth-order valence-electron chi connectivity index (χ4n) is 4.32. The zero-order valence-electron chi connectivity index (χ0n) is 20.2. The lowest BCUT2D eigenvalue weighted by atomic mass is 9.93. The molecule has 40 heavy (non-hydrogen) atoms. The first-order valence-corrected chi connectivity index (χ1v) is 11.8. The number of rotatable bonds is 5. The van der Waals surface area contributed by atoms with Gasteiger partial charge < -0.3 is 15.4 Å². The number of hydrogen-bond donors (Lipinski definition) is 2. The highest BCUT2D eigenvalue weighted by Crippen LogP contribution is 2.42. The predicted molar refractivity (Wildman–Crippen MR) is 134 cm³/mol. The quantitative estimate of drug-likeness (QED) is 0.277. The number of fused-ring (bicyclic) bond motifs is 1. The molecular formula is C27H16ClF5N4O3. The standard InChI is InChI=1S/C27H16ClF5N4O3/c1-40-26-34-10-14(11-35-26)12-6-19-22(23(37-25(19)39)18-9-16(29)2-3-20(18)28)21(7-12)36-24(38)13-4-15(27(31,32)33)8-17(30)5-13/h2-11,23H,1H3,(H,36,38)(H,37,39). The maximum Gasteiger partial charge on any atom is 0.416 e. The molecule has 13 heteroatoms. The number of methoxy groups -OCH3 is 1. The van der Waals surface area contributed by atoms with Crippen LogP contribution in [0.5, 0.6) is 6.01 Å². The van der Waals surface area contributed by atoms with E-state index in [-0.39, 0.29) is 39.5 Å². The second kappa shape index (κ2) is 10.2. The summed E-state index contributed by atoms with van der Waals surface area (Å²) in [7, 11) is 1.37. The van der Waals surface area contributed by atoms with E-state index in [4.69, 9.17) is 16.3 Å². The summed E-state index contributed by atoms with van der Waals surface area (Å²) in [6.45, 7) is 0. The van der Waals surface area contributed by atoms with Gasteiger partial charge >= 0.3 is 12.2 Å². The number of alkyl halides is 3. The molecule has 1 aromatic heterocycles. The SMILES string of the molecule is COc1ncc(-c2cc(NC(=O)c3cc(F)cc(C(F)(F)F)c3)c3c(c2)C(=O)NC3c2cc(F)ccc2Cl)cn1. The van der Waals surface area contributed by atoms with Crippen molar-refractivity contribution in [3.63, 3.8) is 0 Å². The summed E-state index contributed by atoms with van der Waals surface area (Å²) in [4.78, 5) is 34.2. The van der Waals surface area contributed by atoms with E-state index in [2.05, 4.69) is 20.6 Å². The minimum absolute atomic E-state index is 0.0187. The van der Waals surface area contributed by atoms with Crippen molar-refractivity contribution in [1.82, 2.24) is 15.3 Å². The number of amides is 2. The van der Waals surface area contributed by atoms with Crippen LogP contribution < -0.4 is 15.4 Å². The van der Waals surface area contributed by atoms with Crippen molar-refractivity contribution < 1.29 is 36.3 Å². The summed E-state index contributed by atoms with van der Waals surface area (Å²) in [6.07, 6.45) is -2.10. The molecule has 0 fully saturated rings. The fraction of sp³-hybridized carbons (Fsp3) is 0.111. The Morgan fingerprint density at radius 3 is 2.40 bits per heavy atom. The van der Waals surface area contributed by atoms with Crippen LogP contribution in [0.3, 0.4) is 0 Å². The van der Waals surface area contributed by atoms with Crippen molar-refractivity contribution in [2.45, 2.75) is 12.2 Å². The van der Waals surface area contributed by atoms with Gasteiger partial charge in [0.1, 0.15) is 11.6 Å². The third-order valence-electron chi connectivity index (χ3n) is 6.14. The van der Waals surface area contributed by atoms with E-state index in [1.54, 1.807) is 0 Å². The molecule has 2 amide bonds. The zero-order chi connectivity index (χ0) is 28.8. The fourth-order valence-corrected chi connectivity index (χ4v) is 4.55. The van der Waals surface area contributed by atoms with Crippen molar-refractivity contribution in [3.8, 4) is 17.1 Å². The van der Waals surface area contributed by atoms with E-state index >= 15 is 0 Å². The van der Waals surface area contributed by atoms with Gasteiger partial charge in [-0.1, -0.05) is 11.6 Å². The van der Waals surface area contributed by atoms with Crippen LogP contribution in [0.25, 0.3) is 11.1 Å². The Bertz CT molecular complexity index is 1660. The van der Waals surface area contributed by atoms with Crippen LogP contribution in [-0.2, 0) is 6.18 Å². The van der Waals surface area contributed by atoms with Crippen LogP contribution in [0, 0.1) is 11.6 Å². The molecular weight excluding hydrogens is 559 g/mol. The summed E-state index contributed by atoms with van der Waals surface area (Å²) >= 11 is 6.30. The molecule has 0 bridgehead atoms. The number of ether oxygens (including phenoxy) is 1. The molecule has 3 aromatic carbocycles. The van der Waals surface area contributed by atoms with E-state index < -0.39 is 46.8 Å². The largest absolute Gasteiger partial charge is 0.467 e. The molecule has 4 aromatic rings. The zero-order valence-corrected chi connectivity index (χ0v) is 21.0. The Balaban J connectivity index is 1.65.